The Labute approximate surface area is 177 Å². The van der Waals surface area contributed by atoms with Crippen molar-refractivity contribution in [2.24, 2.45) is 0 Å². The number of aromatic nitrogens is 3. The van der Waals surface area contributed by atoms with Gasteiger partial charge in [0, 0.05) is 30.4 Å². The lowest BCUT2D eigenvalue weighted by atomic mass is 10.1. The molecule has 0 radical (unpaired) electrons. The van der Waals surface area contributed by atoms with Gasteiger partial charge in [-0.05, 0) is 38.9 Å². The van der Waals surface area contributed by atoms with E-state index in [-0.39, 0.29) is 29.2 Å². The molecule has 1 aliphatic rings. The molecule has 3 aromatic rings. The molecule has 1 amide bonds. The molecule has 1 fully saturated rings. The van der Waals surface area contributed by atoms with Crippen LogP contribution in [0.15, 0.2) is 30.6 Å². The second-order valence-corrected chi connectivity index (χ2v) is 7.82. The number of fused-ring (bicyclic) bond motifs is 1. The highest BCUT2D eigenvalue weighted by Gasteiger charge is 2.26. The van der Waals surface area contributed by atoms with Crippen molar-refractivity contribution in [1.82, 2.24) is 25.0 Å². The van der Waals surface area contributed by atoms with Gasteiger partial charge in [-0.3, -0.25) is 9.20 Å². The summed E-state index contributed by atoms with van der Waals surface area (Å²) in [5.41, 5.74) is 0.971. The van der Waals surface area contributed by atoms with E-state index in [0.717, 1.165) is 6.07 Å². The Kier molecular flexibility index (Phi) is 5.81. The first-order valence-electron chi connectivity index (χ1n) is 10.1. The van der Waals surface area contributed by atoms with Crippen molar-refractivity contribution in [2.75, 3.05) is 18.4 Å². The molecule has 0 unspecified atom stereocenters. The molecule has 3 N–H and O–H groups in total. The van der Waals surface area contributed by atoms with Crippen molar-refractivity contribution in [3.8, 4) is 11.4 Å². The summed E-state index contributed by atoms with van der Waals surface area (Å²) in [4.78, 5) is 20.5. The Morgan fingerprint density at radius 3 is 2.84 bits per heavy atom. The number of imidazole rings is 1. The van der Waals surface area contributed by atoms with Crippen LogP contribution in [0.25, 0.3) is 17.0 Å². The highest BCUT2D eigenvalue weighted by atomic mass is 19.1. The van der Waals surface area contributed by atoms with Crippen molar-refractivity contribution in [2.45, 2.75) is 38.5 Å². The predicted molar refractivity (Wildman–Crippen MR) is 111 cm³/mol. The number of carbonyl (C=O) groups excluding carboxylic acids is 1. The summed E-state index contributed by atoms with van der Waals surface area (Å²) in [5.74, 6) is -2.25. The van der Waals surface area contributed by atoms with Gasteiger partial charge in [-0.15, -0.1) is 0 Å². The number of hydrogen-bond acceptors (Lipinski definition) is 5. The van der Waals surface area contributed by atoms with E-state index in [9.17, 15) is 18.0 Å². The standard InChI is InChI=1S/C21H23F3N6O/c1-11(2)27-21(31)12-4-6-30-17(10-26-18(30)7-12)19-14(23)8-15(24)20(29-19)28-16-9-25-5-3-13(16)22/h4,6-8,10-11,13,16,25H,3,5,9H2,1-2H3,(H,27,31)(H,28,29)/t13-,16-/m0/s1. The third kappa shape index (κ3) is 4.34. The summed E-state index contributed by atoms with van der Waals surface area (Å²) < 4.78 is 44.6. The van der Waals surface area contributed by atoms with E-state index in [1.54, 1.807) is 22.7 Å². The third-order valence-corrected chi connectivity index (χ3v) is 5.09. The van der Waals surface area contributed by atoms with Crippen LogP contribution in [0.3, 0.4) is 0 Å². The molecule has 0 saturated carbocycles. The predicted octanol–water partition coefficient (Wildman–Crippen LogP) is 2.92. The summed E-state index contributed by atoms with van der Waals surface area (Å²) in [6.07, 6.45) is 2.11. The van der Waals surface area contributed by atoms with Crippen molar-refractivity contribution in [3.63, 3.8) is 0 Å². The maximum absolute atomic E-state index is 14.6. The molecular formula is C21H23F3N6O. The molecule has 0 aromatic carbocycles. The van der Waals surface area contributed by atoms with Crippen molar-refractivity contribution in [1.29, 1.82) is 0 Å². The van der Waals surface area contributed by atoms with E-state index >= 15 is 0 Å². The van der Waals surface area contributed by atoms with Crippen molar-refractivity contribution >= 4 is 17.4 Å². The van der Waals surface area contributed by atoms with Gasteiger partial charge in [-0.2, -0.15) is 0 Å². The van der Waals surface area contributed by atoms with Gasteiger partial charge in [-0.25, -0.2) is 23.1 Å². The number of carbonyl (C=O) groups is 1. The summed E-state index contributed by atoms with van der Waals surface area (Å²) in [6, 6.07) is 3.18. The van der Waals surface area contributed by atoms with E-state index in [0.29, 0.717) is 30.7 Å². The van der Waals surface area contributed by atoms with Crippen molar-refractivity contribution < 1.29 is 18.0 Å². The quantitative estimate of drug-likeness (QED) is 0.578. The van der Waals surface area contributed by atoms with Crippen LogP contribution in [0, 0.1) is 11.6 Å². The minimum atomic E-state index is -1.16. The zero-order valence-electron chi connectivity index (χ0n) is 17.1. The van der Waals surface area contributed by atoms with Gasteiger partial charge in [0.25, 0.3) is 5.91 Å². The highest BCUT2D eigenvalue weighted by Crippen LogP contribution is 2.27. The van der Waals surface area contributed by atoms with Crippen molar-refractivity contribution in [3.05, 3.63) is 47.8 Å². The number of alkyl halides is 1. The first-order chi connectivity index (χ1) is 14.8. The molecule has 2 atom stereocenters. The number of nitrogens with zero attached hydrogens (tertiary/aromatic N) is 3. The molecule has 164 valence electrons. The lowest BCUT2D eigenvalue weighted by Crippen LogP contribution is -2.46. The average Bonchev–Trinajstić information content (AvgIpc) is 3.14. The van der Waals surface area contributed by atoms with Crippen LogP contribution >= 0.6 is 0 Å². The van der Waals surface area contributed by atoms with Crippen LogP contribution in [0.5, 0.6) is 0 Å². The van der Waals surface area contributed by atoms with Gasteiger partial charge in [0.05, 0.1) is 17.9 Å². The van der Waals surface area contributed by atoms with E-state index < -0.39 is 23.8 Å². The number of amides is 1. The summed E-state index contributed by atoms with van der Waals surface area (Å²) in [7, 11) is 0. The number of rotatable bonds is 5. The van der Waals surface area contributed by atoms with E-state index in [4.69, 9.17) is 0 Å². The Morgan fingerprint density at radius 2 is 2.10 bits per heavy atom. The van der Waals surface area contributed by atoms with Gasteiger partial charge >= 0.3 is 0 Å². The number of anilines is 1. The zero-order valence-corrected chi connectivity index (χ0v) is 17.1. The molecule has 31 heavy (non-hydrogen) atoms. The maximum Gasteiger partial charge on any atom is 0.251 e. The second kappa shape index (κ2) is 8.54. The molecule has 4 rings (SSSR count). The van der Waals surface area contributed by atoms with Gasteiger partial charge in [0.2, 0.25) is 0 Å². The van der Waals surface area contributed by atoms with Crippen LogP contribution in [-0.2, 0) is 0 Å². The normalized spacial score (nSPS) is 19.0. The fourth-order valence-electron chi connectivity index (χ4n) is 3.53. The number of piperidine rings is 1. The van der Waals surface area contributed by atoms with Crippen LogP contribution in [0.2, 0.25) is 0 Å². The van der Waals surface area contributed by atoms with Crippen LogP contribution in [0.4, 0.5) is 19.0 Å². The Morgan fingerprint density at radius 1 is 1.29 bits per heavy atom. The molecule has 0 spiro atoms. The summed E-state index contributed by atoms with van der Waals surface area (Å²) >= 11 is 0. The smallest absolute Gasteiger partial charge is 0.251 e. The minimum absolute atomic E-state index is 0.0225. The number of halogens is 3. The van der Waals surface area contributed by atoms with Crippen LogP contribution in [0.1, 0.15) is 30.6 Å². The summed E-state index contributed by atoms with van der Waals surface area (Å²) in [5, 5.41) is 8.57. The van der Waals surface area contributed by atoms with E-state index in [1.807, 2.05) is 13.8 Å². The SMILES string of the molecule is CC(C)NC(=O)c1ccn2c(-c3nc(N[C@H]4CNCC[C@@H]4F)c(F)cc3F)cnc2c1. The lowest BCUT2D eigenvalue weighted by Gasteiger charge is -2.28. The minimum Gasteiger partial charge on any atom is -0.361 e. The van der Waals surface area contributed by atoms with E-state index in [2.05, 4.69) is 25.9 Å². The molecule has 7 nitrogen and oxygen atoms in total. The van der Waals surface area contributed by atoms with Gasteiger partial charge in [0.1, 0.15) is 17.5 Å². The van der Waals surface area contributed by atoms with Gasteiger partial charge < -0.3 is 16.0 Å². The Bertz CT molecular complexity index is 1120. The largest absolute Gasteiger partial charge is 0.361 e. The molecule has 1 saturated heterocycles. The zero-order chi connectivity index (χ0) is 22.1. The fourth-order valence-corrected chi connectivity index (χ4v) is 3.53. The molecule has 1 aliphatic heterocycles. The number of nitrogens with one attached hydrogen (secondary N) is 3. The van der Waals surface area contributed by atoms with Gasteiger partial charge in [0.15, 0.2) is 17.5 Å². The summed E-state index contributed by atoms with van der Waals surface area (Å²) in [6.45, 7) is 4.56. The average molecular weight is 432 g/mol. The molecule has 0 aliphatic carbocycles. The maximum atomic E-state index is 14.6. The third-order valence-electron chi connectivity index (χ3n) is 5.09. The number of hydrogen-bond donors (Lipinski definition) is 3. The molecule has 10 heteroatoms. The first-order valence-corrected chi connectivity index (χ1v) is 10.1. The molecule has 0 bridgehead atoms. The Hall–Kier alpha value is -3.14. The second-order valence-electron chi connectivity index (χ2n) is 7.82. The van der Waals surface area contributed by atoms with Crippen LogP contribution < -0.4 is 16.0 Å². The van der Waals surface area contributed by atoms with Gasteiger partial charge in [-0.1, -0.05) is 0 Å². The first kappa shape index (κ1) is 21.1. The topological polar surface area (TPSA) is 83.4 Å². The number of pyridine rings is 2. The molecule has 3 aromatic heterocycles. The Balaban J connectivity index is 1.68. The van der Waals surface area contributed by atoms with E-state index in [1.165, 1.54) is 6.20 Å². The lowest BCUT2D eigenvalue weighted by molar-refractivity contribution is 0.0943. The fraction of sp³-hybridized carbons (Fsp3) is 0.381. The highest BCUT2D eigenvalue weighted by molar-refractivity contribution is 5.95. The molecule has 4 heterocycles. The monoisotopic (exact) mass is 432 g/mol. The van der Waals surface area contributed by atoms with Crippen LogP contribution in [-0.4, -0.2) is 51.6 Å². The molecular weight excluding hydrogens is 409 g/mol.